The Morgan fingerprint density at radius 2 is 0.839 bits per heavy atom. The first kappa shape index (κ1) is 89.1. The molecule has 5 unspecified atom stereocenters. The molecule has 0 amide bonds. The van der Waals surface area contributed by atoms with E-state index in [1.165, 1.54) is 0 Å². The van der Waals surface area contributed by atoms with Gasteiger partial charge in [0.15, 0.2) is 30.7 Å². The molecule has 47 nitrogen and oxygen atoms in total. The number of anilines is 1. The molecule has 0 spiro atoms. The number of aliphatic hydroxyl groups is 1. The molecule has 5 aromatic heterocycles. The number of hydrogen-bond donors (Lipinski definition) is 9. The number of H-pyrrole nitrogens is 4. The van der Waals surface area contributed by atoms with Gasteiger partial charge in [-0.15, -0.1) is 0 Å². The van der Waals surface area contributed by atoms with Crippen LogP contribution in [-0.2, 0) is 104 Å². The number of aromatic amines is 4. The Morgan fingerprint density at radius 3 is 1.24 bits per heavy atom. The van der Waals surface area contributed by atoms with Crippen LogP contribution < -0.4 is 49.9 Å². The van der Waals surface area contributed by atoms with Gasteiger partial charge in [-0.25, -0.2) is 37.4 Å². The Bertz CT molecular complexity index is 5370. The molecule has 118 heavy (non-hydrogen) atoms. The summed E-state index contributed by atoms with van der Waals surface area (Å²) in [6, 6.07) is 18.8. The summed E-state index contributed by atoms with van der Waals surface area (Å²) in [7, 11) is -14.0. The lowest BCUT2D eigenvalue weighted by atomic mass is 9.93. The Kier molecular flexibility index (Phi) is 29.2. The van der Waals surface area contributed by atoms with Crippen LogP contribution in [0.4, 0.5) is 17.1 Å². The molecular weight excluding hydrogens is 1660 g/mol. The van der Waals surface area contributed by atoms with Crippen LogP contribution in [0.2, 0.25) is 0 Å². The number of methoxy groups -OCH3 is 4. The number of aliphatic hydroxyl groups excluding tert-OH is 1. The second-order valence-corrected chi connectivity index (χ2v) is 33.1. The molecule has 0 bridgehead atoms. The maximum Gasteiger partial charge on any atom is 0.472 e. The van der Waals surface area contributed by atoms with Gasteiger partial charge < -0.3 is 76.7 Å². The molecule has 5 aliphatic rings. The van der Waals surface area contributed by atoms with Gasteiger partial charge in [0.1, 0.15) is 85.0 Å². The summed E-state index contributed by atoms with van der Waals surface area (Å²) >= 11 is 0. The molecule has 21 atom stereocenters. The van der Waals surface area contributed by atoms with E-state index in [4.69, 9.17) is 83.3 Å². The summed E-state index contributed by atoms with van der Waals surface area (Å²) in [5.41, 5.74) is -2.95. The highest BCUT2D eigenvalue weighted by atomic mass is 31.2. The fourth-order valence-corrected chi connectivity index (χ4v) is 17.5. The number of nitrogens with zero attached hydrogens (tertiary/aromatic N) is 8. The molecule has 0 saturated carbocycles. The molecule has 2 aromatic carbocycles. The predicted molar refractivity (Wildman–Crippen MR) is 401 cm³/mol. The molecule has 7 aromatic rings. The smallest absolute Gasteiger partial charge is 0.387 e. The molecule has 4 aliphatic heterocycles. The number of phosphoric ester groups is 4. The summed E-state index contributed by atoms with van der Waals surface area (Å²) in [6.07, 6.45) is -20.0. The van der Waals surface area contributed by atoms with E-state index < -0.39 is 207 Å². The highest BCUT2D eigenvalue weighted by Gasteiger charge is 2.56. The third-order valence-electron chi connectivity index (χ3n) is 19.5. The first-order chi connectivity index (χ1) is 56.3. The Hall–Kier alpha value is -8.19. The van der Waals surface area contributed by atoms with Crippen LogP contribution in [0.15, 0.2) is 151 Å². The SMILES string of the molecule is CO[C@@H]1[C@H](O)[C@@H](COP(=O)(O)O[C@H]2[C@@H](OC)[C@H](n3ccc(=O)[nH]c3=O)O[C@@H]2COP(=O)(O)O[C@H]2[C@@H](OC)[C@H](n3ccc(=O)[nH]c3=O)O[C@@H]2COP(=O)(O)O[C@H]2[C@@H](OC)[C@H](n3ccc(=O)[nH]c3=O)O[C@@H]2COP(=O)(O)OCCCCOC2CCCCCc3c(-c4ccc(N=Nc5ccc(N(C)C)cc5)cc4)noc32)O[C@H]1n1ccc(=O)[nH]c1=O. The highest BCUT2D eigenvalue weighted by molar-refractivity contribution is 7.48. The molecule has 9 N–H and O–H groups in total. The van der Waals surface area contributed by atoms with Crippen LogP contribution in [0, 0.1) is 0 Å². The lowest BCUT2D eigenvalue weighted by molar-refractivity contribution is -0.0679. The van der Waals surface area contributed by atoms with E-state index in [2.05, 4.69) is 15.4 Å². The van der Waals surface area contributed by atoms with E-state index in [-0.39, 0.29) is 19.6 Å². The number of hydrogen-bond acceptors (Lipinski definition) is 35. The molecule has 644 valence electrons. The topological polar surface area (TPSA) is 600 Å². The van der Waals surface area contributed by atoms with Gasteiger partial charge in [-0.3, -0.25) is 93.6 Å². The number of azo groups is 1. The zero-order valence-electron chi connectivity index (χ0n) is 63.6. The first-order valence-corrected chi connectivity index (χ1v) is 42.4. The average Bonchev–Trinajstić information content (AvgIpc) is 1.62. The zero-order chi connectivity index (χ0) is 84.5. The Labute approximate surface area is 665 Å². The van der Waals surface area contributed by atoms with E-state index in [1.807, 2.05) is 87.5 Å². The minimum Gasteiger partial charge on any atom is -0.387 e. The van der Waals surface area contributed by atoms with Crippen molar-refractivity contribution < 1.29 is 126 Å². The quantitative estimate of drug-likeness (QED) is 0.0153. The summed E-state index contributed by atoms with van der Waals surface area (Å²) < 4.78 is 162. The standard InChI is InChI=1S/C67H86N12O35P4/c1-75(2)39-20-18-38(19-21-39)73-72-37-16-14-36(15-17-37)50-40-12-8-7-9-13-41(52(40)111-74-50)101-30-10-11-31-102-115(89,90)103-33-43-53(57(98-4)61(108-43)77-27-23-47(81)69-65(77)86)113-117(93,94)105-35-45-55(59(100-6)63(110-45)79-29-25-49(83)71-67(79)88)114-118(95,96)106-34-44-54(58(99-5)62(109-44)78-28-24-48(82)70-66(78)87)112-116(91,92)104-32-42-51(84)56(97-3)60(107-42)76-26-22-46(80)68-64(76)85/h14-29,41-45,51,53-63,84H,7-13,30-35H2,1-6H3,(H,89,90)(H,91,92)(H,93,94)(H,95,96)(H,68,80,85)(H,69,81,86)(H,70,82,87)(H,71,83,88)/t41?,42-,43-,44-,45-,51-,53-,54-,55-,56-,57-,58-,59-,60-,61-,62-,63-/m1/s1. The number of ether oxygens (including phenoxy) is 9. The minimum atomic E-state index is -5.78. The Morgan fingerprint density at radius 1 is 0.466 bits per heavy atom. The number of rotatable bonds is 37. The number of nitrogens with one attached hydrogen (secondary N) is 4. The van der Waals surface area contributed by atoms with Crippen LogP contribution in [0.3, 0.4) is 0 Å². The summed E-state index contributed by atoms with van der Waals surface area (Å²) in [5, 5.41) is 24.4. The predicted octanol–water partition coefficient (Wildman–Crippen LogP) is 2.63. The lowest BCUT2D eigenvalue weighted by Crippen LogP contribution is -2.41. The van der Waals surface area contributed by atoms with Crippen LogP contribution in [0.1, 0.15) is 80.9 Å². The van der Waals surface area contributed by atoms with Gasteiger partial charge in [0.25, 0.3) is 22.2 Å². The molecule has 9 heterocycles. The number of fused-ring (bicyclic) bond motifs is 1. The lowest BCUT2D eigenvalue weighted by Gasteiger charge is -2.28. The summed E-state index contributed by atoms with van der Waals surface area (Å²) in [4.78, 5) is 157. The number of phosphoric acid groups is 4. The average molecular weight is 1740 g/mol. The van der Waals surface area contributed by atoms with Gasteiger partial charge in [-0.05, 0) is 68.5 Å². The van der Waals surface area contributed by atoms with Crippen molar-refractivity contribution in [1.29, 1.82) is 0 Å². The van der Waals surface area contributed by atoms with Crippen molar-refractivity contribution in [3.05, 3.63) is 192 Å². The van der Waals surface area contributed by atoms with Crippen molar-refractivity contribution in [3.8, 4) is 11.3 Å². The van der Waals surface area contributed by atoms with E-state index in [1.54, 1.807) is 0 Å². The van der Waals surface area contributed by atoms with Gasteiger partial charge in [0.05, 0.1) is 44.4 Å². The number of benzene rings is 2. The minimum absolute atomic E-state index is 0.160. The van der Waals surface area contributed by atoms with Crippen molar-refractivity contribution >= 4 is 48.4 Å². The molecular formula is C67H86N12O35P4. The van der Waals surface area contributed by atoms with Crippen molar-refractivity contribution in [3.63, 3.8) is 0 Å². The monoisotopic (exact) mass is 1740 g/mol. The van der Waals surface area contributed by atoms with Crippen LogP contribution in [-0.4, -0.2) is 223 Å². The van der Waals surface area contributed by atoms with Crippen molar-refractivity contribution in [2.75, 3.05) is 87.1 Å². The third-order valence-corrected chi connectivity index (χ3v) is 23.5. The van der Waals surface area contributed by atoms with Gasteiger partial charge >= 0.3 is 54.0 Å². The van der Waals surface area contributed by atoms with Crippen molar-refractivity contribution in [1.82, 2.24) is 43.4 Å². The molecule has 0 radical (unpaired) electrons. The molecule has 4 saturated heterocycles. The van der Waals surface area contributed by atoms with Crippen LogP contribution >= 0.6 is 31.3 Å². The first-order valence-electron chi connectivity index (χ1n) is 36.4. The normalized spacial score (nSPS) is 28.1. The largest absolute Gasteiger partial charge is 0.472 e. The van der Waals surface area contributed by atoms with E-state index in [0.29, 0.717) is 42.1 Å². The zero-order valence-corrected chi connectivity index (χ0v) is 67.2. The maximum atomic E-state index is 14.5. The van der Waals surface area contributed by atoms with Crippen LogP contribution in [0.5, 0.6) is 0 Å². The Balaban J connectivity index is 0.702. The van der Waals surface area contributed by atoms with Gasteiger partial charge in [0.2, 0.25) is 0 Å². The number of aromatic nitrogens is 9. The summed E-state index contributed by atoms with van der Waals surface area (Å²) in [5.74, 6) is 0.593. The maximum absolute atomic E-state index is 14.5. The van der Waals surface area contributed by atoms with E-state index in [9.17, 15) is 81.3 Å². The van der Waals surface area contributed by atoms with E-state index in [0.717, 1.165) is 132 Å². The van der Waals surface area contributed by atoms with Crippen molar-refractivity contribution in [2.24, 2.45) is 10.2 Å². The second kappa shape index (κ2) is 38.7. The van der Waals surface area contributed by atoms with Gasteiger partial charge in [-0.2, -0.15) is 10.2 Å². The molecule has 51 heteroatoms. The molecule has 12 rings (SSSR count). The fraction of sp³-hybridized carbons (Fsp3) is 0.537. The van der Waals surface area contributed by atoms with E-state index >= 15 is 0 Å². The fourth-order valence-electron chi connectivity index (χ4n) is 13.8. The summed E-state index contributed by atoms with van der Waals surface area (Å²) in [6.45, 7) is -4.66. The van der Waals surface area contributed by atoms with Gasteiger partial charge in [0, 0.05) is 115 Å². The third kappa shape index (κ3) is 21.6. The molecule has 1 aliphatic carbocycles. The van der Waals surface area contributed by atoms with Crippen LogP contribution in [0.25, 0.3) is 11.3 Å². The van der Waals surface area contributed by atoms with Crippen molar-refractivity contribution in [2.45, 2.75) is 149 Å². The van der Waals surface area contributed by atoms with Gasteiger partial charge in [-0.1, -0.05) is 30.1 Å². The second-order valence-electron chi connectivity index (χ2n) is 27.4. The molecule has 4 fully saturated rings. The number of unbranched alkanes of at least 4 members (excludes halogenated alkanes) is 1. The highest BCUT2D eigenvalue weighted by Crippen LogP contribution is 2.55.